The van der Waals surface area contributed by atoms with Gasteiger partial charge in [-0.2, -0.15) is 0 Å². The van der Waals surface area contributed by atoms with Gasteiger partial charge in [-0.1, -0.05) is 0 Å². The molecular formula is C10H12FO5P. The Kier molecular flexibility index (Phi) is 4.81. The van der Waals surface area contributed by atoms with Crippen LogP contribution in [0, 0.1) is 5.82 Å². The molecule has 1 aromatic carbocycles. The molecule has 0 saturated carbocycles. The maximum absolute atomic E-state index is 12.6. The molecule has 0 spiro atoms. The van der Waals surface area contributed by atoms with E-state index >= 15 is 0 Å². The van der Waals surface area contributed by atoms with Crippen molar-refractivity contribution in [3.63, 3.8) is 0 Å². The van der Waals surface area contributed by atoms with E-state index in [9.17, 15) is 13.8 Å². The van der Waals surface area contributed by atoms with Crippen LogP contribution in [0.25, 0.3) is 0 Å². The first-order valence-corrected chi connectivity index (χ1v) is 6.38. The zero-order valence-electron chi connectivity index (χ0n) is 9.38. The predicted molar refractivity (Wildman–Crippen MR) is 58.5 cm³/mol. The van der Waals surface area contributed by atoms with Gasteiger partial charge in [0.15, 0.2) is 0 Å². The summed E-state index contributed by atoms with van der Waals surface area (Å²) in [6.45, 7) is 0. The first-order chi connectivity index (χ1) is 7.99. The van der Waals surface area contributed by atoms with Gasteiger partial charge in [-0.25, -0.2) is 4.39 Å². The van der Waals surface area contributed by atoms with Gasteiger partial charge in [0.25, 0.3) is 0 Å². The fourth-order valence-corrected chi connectivity index (χ4v) is 1.82. The molecule has 0 N–H and O–H groups in total. The second-order valence-corrected chi connectivity index (χ2v) is 5.33. The number of halogens is 1. The average Bonchev–Trinajstić information content (AvgIpc) is 2.32. The molecule has 0 aliphatic rings. The minimum Gasteiger partial charge on any atom is -0.426 e. The van der Waals surface area contributed by atoms with Crippen LogP contribution in [0.4, 0.5) is 4.39 Å². The summed E-state index contributed by atoms with van der Waals surface area (Å²) in [4.78, 5) is 11.4. The Bertz CT molecular complexity index is 423. The van der Waals surface area contributed by atoms with E-state index in [1.54, 1.807) is 0 Å². The molecule has 94 valence electrons. The van der Waals surface area contributed by atoms with Gasteiger partial charge in [0.05, 0.1) is 0 Å². The number of hydrogen-bond donors (Lipinski definition) is 0. The lowest BCUT2D eigenvalue weighted by molar-refractivity contribution is -0.131. The predicted octanol–water partition coefficient (Wildman–Crippen LogP) is 2.22. The van der Waals surface area contributed by atoms with Gasteiger partial charge in [0.1, 0.15) is 17.7 Å². The summed E-state index contributed by atoms with van der Waals surface area (Å²) in [6, 6.07) is 4.87. The van der Waals surface area contributed by atoms with Crippen LogP contribution in [0.1, 0.15) is 0 Å². The summed E-state index contributed by atoms with van der Waals surface area (Å²) >= 11 is 0. The molecule has 0 bridgehead atoms. The Hall–Kier alpha value is -1.23. The van der Waals surface area contributed by atoms with Gasteiger partial charge in [0.2, 0.25) is 0 Å². The van der Waals surface area contributed by atoms with Crippen LogP contribution >= 0.6 is 7.60 Å². The molecule has 7 heteroatoms. The number of hydrogen-bond acceptors (Lipinski definition) is 5. The lowest BCUT2D eigenvalue weighted by Crippen LogP contribution is -2.14. The monoisotopic (exact) mass is 262 g/mol. The van der Waals surface area contributed by atoms with Crippen molar-refractivity contribution in [2.75, 3.05) is 20.4 Å². The number of carbonyl (C=O) groups is 1. The molecule has 0 aromatic heterocycles. The van der Waals surface area contributed by atoms with Crippen LogP contribution in [0.15, 0.2) is 24.3 Å². The fraction of sp³-hybridized carbons (Fsp3) is 0.300. The molecule has 5 nitrogen and oxygen atoms in total. The van der Waals surface area contributed by atoms with E-state index in [0.717, 1.165) is 12.1 Å². The van der Waals surface area contributed by atoms with Crippen LogP contribution in [0.2, 0.25) is 0 Å². The quantitative estimate of drug-likeness (QED) is 0.462. The average molecular weight is 262 g/mol. The van der Waals surface area contributed by atoms with Crippen LogP contribution in [0.3, 0.4) is 0 Å². The maximum Gasteiger partial charge on any atom is 0.341 e. The van der Waals surface area contributed by atoms with Crippen molar-refractivity contribution in [2.24, 2.45) is 0 Å². The van der Waals surface area contributed by atoms with E-state index < -0.39 is 25.5 Å². The van der Waals surface area contributed by atoms with Crippen LogP contribution in [-0.2, 0) is 18.4 Å². The summed E-state index contributed by atoms with van der Waals surface area (Å²) in [5.41, 5.74) is 0. The number of esters is 1. The van der Waals surface area contributed by atoms with E-state index in [-0.39, 0.29) is 5.75 Å². The lowest BCUT2D eigenvalue weighted by Gasteiger charge is -2.12. The number of ether oxygens (including phenoxy) is 1. The minimum atomic E-state index is -3.43. The van der Waals surface area contributed by atoms with Crippen LogP contribution in [-0.4, -0.2) is 26.4 Å². The number of carbonyl (C=O) groups excluding carboxylic acids is 1. The zero-order chi connectivity index (χ0) is 12.9. The smallest absolute Gasteiger partial charge is 0.341 e. The minimum absolute atomic E-state index is 0.162. The summed E-state index contributed by atoms with van der Waals surface area (Å²) in [7, 11) is -1.08. The fourth-order valence-electron chi connectivity index (χ4n) is 1.03. The van der Waals surface area contributed by atoms with E-state index in [4.69, 9.17) is 4.74 Å². The Balaban J connectivity index is 2.61. The highest BCUT2D eigenvalue weighted by atomic mass is 31.2. The first-order valence-electron chi connectivity index (χ1n) is 4.66. The Morgan fingerprint density at radius 1 is 1.24 bits per heavy atom. The second-order valence-electron chi connectivity index (χ2n) is 3.06. The van der Waals surface area contributed by atoms with Gasteiger partial charge in [0, 0.05) is 14.2 Å². The highest BCUT2D eigenvalue weighted by molar-refractivity contribution is 7.54. The van der Waals surface area contributed by atoms with Gasteiger partial charge in [-0.05, 0) is 24.3 Å². The Morgan fingerprint density at radius 2 is 1.76 bits per heavy atom. The van der Waals surface area contributed by atoms with Crippen molar-refractivity contribution < 1.29 is 27.5 Å². The second kappa shape index (κ2) is 5.91. The molecule has 0 radical (unpaired) electrons. The molecule has 1 rings (SSSR count). The van der Waals surface area contributed by atoms with Crippen molar-refractivity contribution in [3.8, 4) is 5.75 Å². The molecule has 17 heavy (non-hydrogen) atoms. The summed E-state index contributed by atoms with van der Waals surface area (Å²) in [6.07, 6.45) is -0.503. The SMILES string of the molecule is COP(=O)(CC(=O)Oc1ccc(F)cc1)OC. The summed E-state index contributed by atoms with van der Waals surface area (Å²) < 4.78 is 38.2. The van der Waals surface area contributed by atoms with E-state index in [1.165, 1.54) is 26.4 Å². The molecule has 0 aliphatic carbocycles. The topological polar surface area (TPSA) is 61.8 Å². The van der Waals surface area contributed by atoms with Crippen molar-refractivity contribution in [1.82, 2.24) is 0 Å². The van der Waals surface area contributed by atoms with Crippen LogP contribution in [0.5, 0.6) is 5.75 Å². The van der Waals surface area contributed by atoms with Gasteiger partial charge in [-0.3, -0.25) is 9.36 Å². The van der Waals surface area contributed by atoms with Crippen molar-refractivity contribution in [3.05, 3.63) is 30.1 Å². The lowest BCUT2D eigenvalue weighted by atomic mass is 10.3. The van der Waals surface area contributed by atoms with Crippen molar-refractivity contribution >= 4 is 13.6 Å². The summed E-state index contributed by atoms with van der Waals surface area (Å²) in [5.74, 6) is -1.05. The van der Waals surface area contributed by atoms with E-state index in [0.29, 0.717) is 0 Å². The molecule has 0 heterocycles. The highest BCUT2D eigenvalue weighted by Crippen LogP contribution is 2.46. The molecule has 0 amide bonds. The van der Waals surface area contributed by atoms with Crippen molar-refractivity contribution in [1.29, 1.82) is 0 Å². The largest absolute Gasteiger partial charge is 0.426 e. The maximum atomic E-state index is 12.6. The number of rotatable bonds is 5. The first kappa shape index (κ1) is 13.8. The van der Waals surface area contributed by atoms with E-state index in [1.807, 2.05) is 0 Å². The Morgan fingerprint density at radius 3 is 2.24 bits per heavy atom. The normalized spacial score (nSPS) is 11.2. The van der Waals surface area contributed by atoms with E-state index in [2.05, 4.69) is 9.05 Å². The highest BCUT2D eigenvalue weighted by Gasteiger charge is 2.26. The van der Waals surface area contributed by atoms with Gasteiger partial charge in [-0.15, -0.1) is 0 Å². The number of benzene rings is 1. The van der Waals surface area contributed by atoms with Crippen LogP contribution < -0.4 is 4.74 Å². The summed E-state index contributed by atoms with van der Waals surface area (Å²) in [5, 5.41) is 0. The third kappa shape index (κ3) is 4.26. The third-order valence-corrected chi connectivity index (χ3v) is 3.68. The standard InChI is InChI=1S/C10H12FO5P/c1-14-17(13,15-2)7-10(12)16-9-5-3-8(11)4-6-9/h3-6H,7H2,1-2H3. The zero-order valence-corrected chi connectivity index (χ0v) is 10.3. The van der Waals surface area contributed by atoms with Gasteiger partial charge >= 0.3 is 13.6 Å². The molecule has 1 aromatic rings. The molecule has 0 aliphatic heterocycles. The third-order valence-electron chi connectivity index (χ3n) is 1.92. The molecule has 0 atom stereocenters. The molecule has 0 unspecified atom stereocenters. The molecular weight excluding hydrogens is 250 g/mol. The molecule has 0 fully saturated rings. The molecule has 0 saturated heterocycles. The Labute approximate surface area is 98.0 Å². The van der Waals surface area contributed by atoms with Crippen molar-refractivity contribution in [2.45, 2.75) is 0 Å². The van der Waals surface area contributed by atoms with Gasteiger partial charge < -0.3 is 13.8 Å².